The molecule has 6 heteroatoms. The molecule has 1 aromatic carbocycles. The van der Waals surface area contributed by atoms with Crippen molar-refractivity contribution < 1.29 is 4.79 Å². The highest BCUT2D eigenvalue weighted by Crippen LogP contribution is 2.22. The predicted molar refractivity (Wildman–Crippen MR) is 105 cm³/mol. The maximum absolute atomic E-state index is 12.6. The first-order valence-electron chi connectivity index (χ1n) is 9.24. The van der Waals surface area contributed by atoms with E-state index >= 15 is 0 Å². The number of aromatic amines is 1. The Morgan fingerprint density at radius 1 is 1.11 bits per heavy atom. The Morgan fingerprint density at radius 2 is 1.93 bits per heavy atom. The fraction of sp³-hybridized carbons (Fsp3) is 0.286. The standard InChI is InChI=1S/C21H23N5O/c1-16-5-2-3-6-17(16)13-21(27)26-11-9-25(10-12-26)20-14-19(23-24-20)18-7-4-8-22-15-18/h2-8,14-15H,9-13H2,1H3,(H,23,24). The second-order valence-corrected chi connectivity index (χ2v) is 6.85. The Hall–Kier alpha value is -3.15. The summed E-state index contributed by atoms with van der Waals surface area (Å²) in [5.41, 5.74) is 4.25. The molecule has 3 heterocycles. The van der Waals surface area contributed by atoms with Crippen molar-refractivity contribution >= 4 is 11.7 Å². The molecule has 0 saturated carbocycles. The third kappa shape index (κ3) is 3.84. The lowest BCUT2D eigenvalue weighted by molar-refractivity contribution is -0.130. The molecule has 0 spiro atoms. The second-order valence-electron chi connectivity index (χ2n) is 6.85. The van der Waals surface area contributed by atoms with E-state index in [0.717, 1.165) is 48.8 Å². The van der Waals surface area contributed by atoms with E-state index in [9.17, 15) is 4.79 Å². The van der Waals surface area contributed by atoms with Gasteiger partial charge in [0, 0.05) is 50.2 Å². The van der Waals surface area contributed by atoms with Crippen LogP contribution in [0.1, 0.15) is 11.1 Å². The van der Waals surface area contributed by atoms with Crippen molar-refractivity contribution in [3.8, 4) is 11.3 Å². The Morgan fingerprint density at radius 3 is 2.67 bits per heavy atom. The highest BCUT2D eigenvalue weighted by Gasteiger charge is 2.23. The minimum atomic E-state index is 0.196. The minimum absolute atomic E-state index is 0.196. The third-order valence-corrected chi connectivity index (χ3v) is 5.10. The summed E-state index contributed by atoms with van der Waals surface area (Å²) in [5, 5.41) is 7.52. The zero-order valence-corrected chi connectivity index (χ0v) is 15.4. The lowest BCUT2D eigenvalue weighted by Crippen LogP contribution is -2.49. The van der Waals surface area contributed by atoms with E-state index in [-0.39, 0.29) is 5.91 Å². The van der Waals surface area contributed by atoms with Gasteiger partial charge in [0.05, 0.1) is 12.1 Å². The van der Waals surface area contributed by atoms with Crippen LogP contribution in [0.15, 0.2) is 54.9 Å². The van der Waals surface area contributed by atoms with E-state index in [4.69, 9.17) is 0 Å². The van der Waals surface area contributed by atoms with Crippen LogP contribution in [0.25, 0.3) is 11.3 Å². The molecule has 1 aliphatic heterocycles. The Bertz CT molecular complexity index is 913. The first-order chi connectivity index (χ1) is 13.2. The Balaban J connectivity index is 1.36. The molecule has 0 radical (unpaired) electrons. The van der Waals surface area contributed by atoms with Crippen LogP contribution in [-0.4, -0.2) is 52.2 Å². The first kappa shape index (κ1) is 17.3. The number of aromatic nitrogens is 3. The van der Waals surface area contributed by atoms with Gasteiger partial charge < -0.3 is 9.80 Å². The summed E-state index contributed by atoms with van der Waals surface area (Å²) in [6.45, 7) is 5.07. The number of rotatable bonds is 4. The topological polar surface area (TPSA) is 65.1 Å². The summed E-state index contributed by atoms with van der Waals surface area (Å²) in [6.07, 6.45) is 4.05. The van der Waals surface area contributed by atoms with E-state index in [1.54, 1.807) is 6.20 Å². The van der Waals surface area contributed by atoms with Gasteiger partial charge >= 0.3 is 0 Å². The van der Waals surface area contributed by atoms with Crippen molar-refractivity contribution in [3.63, 3.8) is 0 Å². The number of hydrogen-bond acceptors (Lipinski definition) is 4. The summed E-state index contributed by atoms with van der Waals surface area (Å²) >= 11 is 0. The molecule has 138 valence electrons. The number of aryl methyl sites for hydroxylation is 1. The Kier molecular flexibility index (Phi) is 4.87. The molecule has 0 bridgehead atoms. The van der Waals surface area contributed by atoms with Crippen molar-refractivity contribution in [2.75, 3.05) is 31.1 Å². The first-order valence-corrected chi connectivity index (χ1v) is 9.24. The number of nitrogens with zero attached hydrogens (tertiary/aromatic N) is 4. The van der Waals surface area contributed by atoms with E-state index in [1.807, 2.05) is 47.5 Å². The van der Waals surface area contributed by atoms with Gasteiger partial charge in [-0.2, -0.15) is 5.10 Å². The molecule has 0 unspecified atom stereocenters. The van der Waals surface area contributed by atoms with Gasteiger partial charge in [-0.1, -0.05) is 24.3 Å². The molecule has 1 N–H and O–H groups in total. The van der Waals surface area contributed by atoms with Crippen molar-refractivity contribution in [2.45, 2.75) is 13.3 Å². The summed E-state index contributed by atoms with van der Waals surface area (Å²) < 4.78 is 0. The summed E-state index contributed by atoms with van der Waals surface area (Å²) in [4.78, 5) is 20.9. The van der Waals surface area contributed by atoms with Gasteiger partial charge in [-0.05, 0) is 30.2 Å². The number of benzene rings is 1. The van der Waals surface area contributed by atoms with Crippen molar-refractivity contribution in [3.05, 3.63) is 66.0 Å². The zero-order valence-electron chi connectivity index (χ0n) is 15.4. The molecule has 6 nitrogen and oxygen atoms in total. The quantitative estimate of drug-likeness (QED) is 0.776. The lowest BCUT2D eigenvalue weighted by atomic mass is 10.1. The third-order valence-electron chi connectivity index (χ3n) is 5.10. The molecule has 4 rings (SSSR count). The number of carbonyl (C=O) groups excluding carboxylic acids is 1. The van der Waals surface area contributed by atoms with Crippen LogP contribution in [0, 0.1) is 6.92 Å². The number of piperazine rings is 1. The van der Waals surface area contributed by atoms with Gasteiger partial charge in [-0.3, -0.25) is 14.9 Å². The molecule has 1 saturated heterocycles. The number of pyridine rings is 1. The number of anilines is 1. The fourth-order valence-corrected chi connectivity index (χ4v) is 3.41. The van der Waals surface area contributed by atoms with E-state index in [0.29, 0.717) is 6.42 Å². The van der Waals surface area contributed by atoms with Crippen LogP contribution in [0.5, 0.6) is 0 Å². The molecule has 0 atom stereocenters. The number of hydrogen-bond donors (Lipinski definition) is 1. The molecule has 0 aliphatic carbocycles. The molecule has 1 fully saturated rings. The maximum Gasteiger partial charge on any atom is 0.227 e. The van der Waals surface area contributed by atoms with Crippen LogP contribution in [-0.2, 0) is 11.2 Å². The van der Waals surface area contributed by atoms with Crippen LogP contribution >= 0.6 is 0 Å². The predicted octanol–water partition coefficient (Wildman–Crippen LogP) is 2.67. The van der Waals surface area contributed by atoms with Crippen molar-refractivity contribution in [1.29, 1.82) is 0 Å². The van der Waals surface area contributed by atoms with Gasteiger partial charge in [0.1, 0.15) is 0 Å². The van der Waals surface area contributed by atoms with E-state index in [2.05, 4.69) is 33.1 Å². The van der Waals surface area contributed by atoms with Crippen LogP contribution in [0.3, 0.4) is 0 Å². The Labute approximate surface area is 158 Å². The minimum Gasteiger partial charge on any atom is -0.352 e. The average Bonchev–Trinajstić information content (AvgIpc) is 3.21. The highest BCUT2D eigenvalue weighted by molar-refractivity contribution is 5.79. The lowest BCUT2D eigenvalue weighted by Gasteiger charge is -2.35. The monoisotopic (exact) mass is 361 g/mol. The summed E-state index contributed by atoms with van der Waals surface area (Å²) in [7, 11) is 0. The van der Waals surface area contributed by atoms with E-state index in [1.165, 1.54) is 5.56 Å². The molecular formula is C21H23N5O. The molecular weight excluding hydrogens is 338 g/mol. The van der Waals surface area contributed by atoms with Crippen LogP contribution in [0.4, 0.5) is 5.82 Å². The maximum atomic E-state index is 12.6. The molecule has 27 heavy (non-hydrogen) atoms. The molecule has 1 aliphatic rings. The second kappa shape index (κ2) is 7.61. The van der Waals surface area contributed by atoms with Gasteiger partial charge in [0.25, 0.3) is 0 Å². The summed E-state index contributed by atoms with van der Waals surface area (Å²) in [6, 6.07) is 14.0. The number of H-pyrrole nitrogens is 1. The zero-order chi connectivity index (χ0) is 18.6. The smallest absolute Gasteiger partial charge is 0.227 e. The molecule has 3 aromatic rings. The fourth-order valence-electron chi connectivity index (χ4n) is 3.41. The van der Waals surface area contributed by atoms with Crippen molar-refractivity contribution in [1.82, 2.24) is 20.1 Å². The van der Waals surface area contributed by atoms with Crippen molar-refractivity contribution in [2.24, 2.45) is 0 Å². The van der Waals surface area contributed by atoms with Gasteiger partial charge in [-0.15, -0.1) is 0 Å². The van der Waals surface area contributed by atoms with Gasteiger partial charge in [-0.25, -0.2) is 0 Å². The van der Waals surface area contributed by atoms with Gasteiger partial charge in [0.15, 0.2) is 5.82 Å². The number of carbonyl (C=O) groups is 1. The molecule has 1 amide bonds. The van der Waals surface area contributed by atoms with Crippen LogP contribution < -0.4 is 4.90 Å². The highest BCUT2D eigenvalue weighted by atomic mass is 16.2. The van der Waals surface area contributed by atoms with Gasteiger partial charge in [0.2, 0.25) is 5.91 Å². The summed E-state index contributed by atoms with van der Waals surface area (Å²) in [5.74, 6) is 1.11. The molecule has 2 aromatic heterocycles. The van der Waals surface area contributed by atoms with Crippen LogP contribution in [0.2, 0.25) is 0 Å². The normalized spacial score (nSPS) is 14.4. The largest absolute Gasteiger partial charge is 0.352 e. The number of nitrogens with one attached hydrogen (secondary N) is 1. The average molecular weight is 361 g/mol. The SMILES string of the molecule is Cc1ccccc1CC(=O)N1CCN(c2cc(-c3cccnc3)[nH]n2)CC1. The number of amides is 1. The van der Waals surface area contributed by atoms with E-state index < -0.39 is 0 Å².